The zero-order chi connectivity index (χ0) is 16.7. The third-order valence-corrected chi connectivity index (χ3v) is 3.92. The highest BCUT2D eigenvalue weighted by Gasteiger charge is 2.33. The molecular weight excluding hydrogens is 296 g/mol. The van der Waals surface area contributed by atoms with Gasteiger partial charge in [-0.3, -0.25) is 9.59 Å². The lowest BCUT2D eigenvalue weighted by molar-refractivity contribution is -0.129. The summed E-state index contributed by atoms with van der Waals surface area (Å²) in [6.45, 7) is 2.16. The van der Waals surface area contributed by atoms with Crippen LogP contribution in [0.1, 0.15) is 18.4 Å². The van der Waals surface area contributed by atoms with Gasteiger partial charge in [0, 0.05) is 39.8 Å². The Morgan fingerprint density at radius 2 is 2.22 bits per heavy atom. The quantitative estimate of drug-likeness (QED) is 0.731. The zero-order valence-electron chi connectivity index (χ0n) is 13.7. The molecule has 0 aromatic heterocycles. The summed E-state index contributed by atoms with van der Waals surface area (Å²) >= 11 is 0. The van der Waals surface area contributed by atoms with E-state index in [1.165, 1.54) is 0 Å². The fourth-order valence-corrected chi connectivity index (χ4v) is 2.66. The van der Waals surface area contributed by atoms with E-state index in [9.17, 15) is 9.59 Å². The molecule has 1 fully saturated rings. The average molecular weight is 320 g/mol. The van der Waals surface area contributed by atoms with Gasteiger partial charge >= 0.3 is 0 Å². The summed E-state index contributed by atoms with van der Waals surface area (Å²) in [4.78, 5) is 26.0. The van der Waals surface area contributed by atoms with E-state index in [1.54, 1.807) is 19.1 Å². The van der Waals surface area contributed by atoms with Gasteiger partial charge in [-0.25, -0.2) is 0 Å². The maximum absolute atomic E-state index is 12.1. The van der Waals surface area contributed by atoms with Gasteiger partial charge < -0.3 is 19.7 Å². The predicted molar refractivity (Wildman–Crippen MR) is 86.0 cm³/mol. The van der Waals surface area contributed by atoms with E-state index in [2.05, 4.69) is 5.32 Å². The molecule has 0 aliphatic carbocycles. The van der Waals surface area contributed by atoms with Crippen LogP contribution in [0.2, 0.25) is 0 Å². The van der Waals surface area contributed by atoms with Crippen molar-refractivity contribution < 1.29 is 19.1 Å². The lowest BCUT2D eigenvalue weighted by atomic mass is 10.1. The number of nitrogens with one attached hydrogen (secondary N) is 1. The number of likely N-dealkylation sites (tertiary alicyclic amines) is 1. The number of hydrogen-bond donors (Lipinski definition) is 1. The normalized spacial score (nSPS) is 17.4. The Morgan fingerprint density at radius 3 is 2.96 bits per heavy atom. The van der Waals surface area contributed by atoms with Crippen molar-refractivity contribution in [1.82, 2.24) is 10.2 Å². The Balaban J connectivity index is 1.85. The van der Waals surface area contributed by atoms with Crippen molar-refractivity contribution >= 4 is 11.8 Å². The van der Waals surface area contributed by atoms with Crippen molar-refractivity contribution in [2.24, 2.45) is 5.92 Å². The Labute approximate surface area is 136 Å². The standard InChI is InChI=1S/C17H24N2O4/c1-22-8-4-7-18-17(21)14-10-16(20)19(12-14)11-13-5-3-6-15(9-13)23-2/h3,5-6,9,14H,4,7-8,10-12H2,1-2H3,(H,18,21). The third kappa shape index (κ3) is 4.96. The van der Waals surface area contributed by atoms with Crippen LogP contribution in [0.3, 0.4) is 0 Å². The number of amides is 2. The van der Waals surface area contributed by atoms with Crippen LogP contribution < -0.4 is 10.1 Å². The molecule has 1 aliphatic heterocycles. The molecule has 23 heavy (non-hydrogen) atoms. The molecule has 1 heterocycles. The number of rotatable bonds is 8. The monoisotopic (exact) mass is 320 g/mol. The molecule has 0 radical (unpaired) electrons. The molecule has 0 bridgehead atoms. The van der Waals surface area contributed by atoms with Crippen molar-refractivity contribution in [3.63, 3.8) is 0 Å². The zero-order valence-corrected chi connectivity index (χ0v) is 13.7. The average Bonchev–Trinajstić information content (AvgIpc) is 2.92. The second-order valence-corrected chi connectivity index (χ2v) is 5.66. The van der Waals surface area contributed by atoms with Crippen molar-refractivity contribution in [2.75, 3.05) is 33.9 Å². The fraction of sp³-hybridized carbons (Fsp3) is 0.529. The number of nitrogens with zero attached hydrogens (tertiary/aromatic N) is 1. The molecule has 6 nitrogen and oxygen atoms in total. The minimum Gasteiger partial charge on any atom is -0.497 e. The summed E-state index contributed by atoms with van der Waals surface area (Å²) < 4.78 is 10.1. The molecule has 2 amide bonds. The van der Waals surface area contributed by atoms with Crippen LogP contribution in [-0.2, 0) is 20.9 Å². The van der Waals surface area contributed by atoms with Gasteiger partial charge in [-0.2, -0.15) is 0 Å². The molecule has 1 saturated heterocycles. The molecule has 1 atom stereocenters. The smallest absolute Gasteiger partial charge is 0.225 e. The SMILES string of the molecule is COCCCNC(=O)C1CC(=O)N(Cc2cccc(OC)c2)C1. The molecule has 2 rings (SSSR count). The molecule has 6 heteroatoms. The molecule has 126 valence electrons. The number of benzene rings is 1. The molecule has 1 unspecified atom stereocenters. The number of ether oxygens (including phenoxy) is 2. The topological polar surface area (TPSA) is 67.9 Å². The lowest BCUT2D eigenvalue weighted by Gasteiger charge is -2.17. The van der Waals surface area contributed by atoms with Gasteiger partial charge in [0.1, 0.15) is 5.75 Å². The number of carbonyl (C=O) groups excluding carboxylic acids is 2. The van der Waals surface area contributed by atoms with Gasteiger partial charge in [0.2, 0.25) is 11.8 Å². The second kappa shape index (κ2) is 8.53. The van der Waals surface area contributed by atoms with E-state index in [0.29, 0.717) is 26.2 Å². The maximum atomic E-state index is 12.1. The molecule has 1 aromatic carbocycles. The highest BCUT2D eigenvalue weighted by Crippen LogP contribution is 2.22. The minimum atomic E-state index is -0.268. The van der Waals surface area contributed by atoms with Crippen molar-refractivity contribution in [2.45, 2.75) is 19.4 Å². The number of carbonyl (C=O) groups is 2. The van der Waals surface area contributed by atoms with Crippen LogP contribution in [0, 0.1) is 5.92 Å². The van der Waals surface area contributed by atoms with Gasteiger partial charge in [0.25, 0.3) is 0 Å². The Morgan fingerprint density at radius 1 is 1.39 bits per heavy atom. The highest BCUT2D eigenvalue weighted by atomic mass is 16.5. The van der Waals surface area contributed by atoms with Crippen LogP contribution >= 0.6 is 0 Å². The minimum absolute atomic E-state index is 0.0184. The first-order chi connectivity index (χ1) is 11.1. The molecule has 1 aromatic rings. The fourth-order valence-electron chi connectivity index (χ4n) is 2.66. The molecular formula is C17H24N2O4. The van der Waals surface area contributed by atoms with E-state index >= 15 is 0 Å². The van der Waals surface area contributed by atoms with Crippen molar-refractivity contribution in [3.8, 4) is 5.75 Å². The third-order valence-electron chi connectivity index (χ3n) is 3.92. The Kier molecular flexibility index (Phi) is 6.40. The number of hydrogen-bond acceptors (Lipinski definition) is 4. The highest BCUT2D eigenvalue weighted by molar-refractivity contribution is 5.89. The first kappa shape index (κ1) is 17.3. The van der Waals surface area contributed by atoms with Gasteiger partial charge in [0.05, 0.1) is 13.0 Å². The van der Waals surface area contributed by atoms with Crippen LogP contribution in [0.4, 0.5) is 0 Å². The van der Waals surface area contributed by atoms with Crippen molar-refractivity contribution in [1.29, 1.82) is 0 Å². The largest absolute Gasteiger partial charge is 0.497 e. The predicted octanol–water partition coefficient (Wildman–Crippen LogP) is 1.20. The molecule has 0 spiro atoms. The van der Waals surface area contributed by atoms with Gasteiger partial charge in [0.15, 0.2) is 0 Å². The van der Waals surface area contributed by atoms with E-state index in [-0.39, 0.29) is 24.2 Å². The summed E-state index contributed by atoms with van der Waals surface area (Å²) in [7, 11) is 3.25. The molecule has 1 N–H and O–H groups in total. The summed E-state index contributed by atoms with van der Waals surface area (Å²) in [5.74, 6) is 0.463. The first-order valence-corrected chi connectivity index (χ1v) is 7.81. The first-order valence-electron chi connectivity index (χ1n) is 7.81. The second-order valence-electron chi connectivity index (χ2n) is 5.66. The maximum Gasteiger partial charge on any atom is 0.225 e. The van der Waals surface area contributed by atoms with E-state index in [1.807, 2.05) is 24.3 Å². The van der Waals surface area contributed by atoms with Crippen LogP contribution in [0.5, 0.6) is 5.75 Å². The van der Waals surface area contributed by atoms with E-state index in [0.717, 1.165) is 17.7 Å². The van der Waals surface area contributed by atoms with Crippen molar-refractivity contribution in [3.05, 3.63) is 29.8 Å². The Hall–Kier alpha value is -2.08. The van der Waals surface area contributed by atoms with Crippen LogP contribution in [-0.4, -0.2) is 50.6 Å². The summed E-state index contributed by atoms with van der Waals surface area (Å²) in [6.07, 6.45) is 1.05. The van der Waals surface area contributed by atoms with Gasteiger partial charge in [-0.05, 0) is 24.1 Å². The lowest BCUT2D eigenvalue weighted by Crippen LogP contribution is -2.33. The number of methoxy groups -OCH3 is 2. The van der Waals surface area contributed by atoms with E-state index < -0.39 is 0 Å². The van der Waals surface area contributed by atoms with Gasteiger partial charge in [-0.1, -0.05) is 12.1 Å². The van der Waals surface area contributed by atoms with Gasteiger partial charge in [-0.15, -0.1) is 0 Å². The van der Waals surface area contributed by atoms with Crippen LogP contribution in [0.25, 0.3) is 0 Å². The molecule has 0 saturated carbocycles. The Bertz CT molecular complexity index is 547. The summed E-state index contributed by atoms with van der Waals surface area (Å²) in [5, 5.41) is 2.86. The summed E-state index contributed by atoms with van der Waals surface area (Å²) in [5.41, 5.74) is 0.999. The van der Waals surface area contributed by atoms with Crippen LogP contribution in [0.15, 0.2) is 24.3 Å². The summed E-state index contributed by atoms with van der Waals surface area (Å²) in [6, 6.07) is 7.62. The molecule has 1 aliphatic rings. The van der Waals surface area contributed by atoms with E-state index in [4.69, 9.17) is 9.47 Å².